The van der Waals surface area contributed by atoms with Gasteiger partial charge < -0.3 is 45.9 Å². The van der Waals surface area contributed by atoms with E-state index in [1.54, 1.807) is 20.8 Å². The van der Waals surface area contributed by atoms with Crippen LogP contribution in [-0.4, -0.2) is 92.5 Å². The number of thiol groups is 1. The van der Waals surface area contributed by atoms with Gasteiger partial charge in [0.05, 0.1) is 19.4 Å². The molecule has 7 aromatic carbocycles. The van der Waals surface area contributed by atoms with Gasteiger partial charge in [-0.1, -0.05) is 275 Å². The fraction of sp³-hybridized carbons (Fsp3) is 0.473. The Morgan fingerprint density at radius 3 is 1.02 bits per heavy atom. The van der Waals surface area contributed by atoms with Crippen molar-refractivity contribution in [3.05, 3.63) is 225 Å². The maximum absolute atomic E-state index is 12.6. The summed E-state index contributed by atoms with van der Waals surface area (Å²) in [6.45, 7) is 32.9. The smallest absolute Gasteiger partial charge is 0.857 e. The van der Waals surface area contributed by atoms with Crippen molar-refractivity contribution >= 4 is 155 Å². The second kappa shape index (κ2) is 87.0. The summed E-state index contributed by atoms with van der Waals surface area (Å²) in [6.07, 6.45) is 27.4. The molecule has 114 heavy (non-hydrogen) atoms. The van der Waals surface area contributed by atoms with Gasteiger partial charge in [0, 0.05) is 76.3 Å². The first kappa shape index (κ1) is 128. The zero-order valence-electron chi connectivity index (χ0n) is 71.6. The molecule has 1 fully saturated rings. The fourth-order valence-corrected chi connectivity index (χ4v) is 15.7. The molecule has 0 radical (unpaired) electrons. The van der Waals surface area contributed by atoms with E-state index >= 15 is 0 Å². The van der Waals surface area contributed by atoms with Gasteiger partial charge in [0.15, 0.2) is 0 Å². The summed E-state index contributed by atoms with van der Waals surface area (Å²) in [5.41, 5.74) is 5.84. The minimum Gasteiger partial charge on any atom is -0.857 e. The quantitative estimate of drug-likeness (QED) is 0.00383. The zero-order chi connectivity index (χ0) is 81.7. The normalized spacial score (nSPS) is 10.9. The molecular formula is C91H138Br3KLiNaO10P2S5. The third kappa shape index (κ3) is 73.9. The van der Waals surface area contributed by atoms with Crippen LogP contribution in [0.5, 0.6) is 0 Å². The molecule has 0 bridgehead atoms. The van der Waals surface area contributed by atoms with E-state index in [2.05, 4.69) is 239 Å². The number of aldehydes is 1. The molecule has 2 N–H and O–H groups in total. The largest absolute Gasteiger partial charge is 1.00 e. The van der Waals surface area contributed by atoms with E-state index in [9.17, 15) is 14.5 Å². The summed E-state index contributed by atoms with van der Waals surface area (Å²) in [4.78, 5) is 16.7. The number of rotatable bonds is 35. The molecule has 0 amide bonds. The summed E-state index contributed by atoms with van der Waals surface area (Å²) in [6, 6.07) is 58.1. The topological polar surface area (TPSA) is 158 Å². The van der Waals surface area contributed by atoms with Gasteiger partial charge in [0.2, 0.25) is 5.53 Å². The number of carbonyl (C=O) groups is 1. The fourth-order valence-electron chi connectivity index (χ4n) is 8.27. The predicted octanol–water partition coefficient (Wildman–Crippen LogP) is 19.3. The summed E-state index contributed by atoms with van der Waals surface area (Å²) in [7, 11) is 0.273. The van der Waals surface area contributed by atoms with Gasteiger partial charge >= 0.3 is 107 Å². The van der Waals surface area contributed by atoms with Crippen molar-refractivity contribution in [1.29, 1.82) is 0 Å². The summed E-state index contributed by atoms with van der Waals surface area (Å²) >= 11 is 21.8. The van der Waals surface area contributed by atoms with E-state index in [-0.39, 0.29) is 119 Å². The molecule has 10 nitrogen and oxygen atoms in total. The summed E-state index contributed by atoms with van der Waals surface area (Å²) < 4.78 is 41.8. The van der Waals surface area contributed by atoms with Crippen LogP contribution in [0.4, 0.5) is 0 Å². The van der Waals surface area contributed by atoms with Crippen molar-refractivity contribution in [2.45, 2.75) is 229 Å². The second-order valence-corrected chi connectivity index (χ2v) is 35.7. The van der Waals surface area contributed by atoms with Gasteiger partial charge in [-0.3, -0.25) is 9.36 Å². The van der Waals surface area contributed by atoms with Crippen molar-refractivity contribution in [3.63, 3.8) is 0 Å². The Morgan fingerprint density at radius 2 is 0.789 bits per heavy atom. The van der Waals surface area contributed by atoms with E-state index in [4.69, 9.17) is 28.4 Å². The minimum absolute atomic E-state index is 0. The molecule has 0 spiro atoms. The van der Waals surface area contributed by atoms with Crippen LogP contribution in [0.25, 0.3) is 24.3 Å². The summed E-state index contributed by atoms with van der Waals surface area (Å²) in [5.74, 6) is 4.81. The second-order valence-electron chi connectivity index (χ2n) is 25.1. The van der Waals surface area contributed by atoms with E-state index in [0.29, 0.717) is 26.4 Å². The average molecular weight is 1920 g/mol. The molecule has 8 rings (SSSR count). The molecule has 1 heterocycles. The number of alkyl halides is 1. The first-order valence-electron chi connectivity index (χ1n) is 38.5. The number of halogens is 3. The molecule has 1 atom stereocenters. The van der Waals surface area contributed by atoms with Gasteiger partial charge in [-0.25, -0.2) is 0 Å². The Kier molecular flexibility index (Phi) is 97.3. The molecule has 626 valence electrons. The maximum atomic E-state index is 12.6. The standard InChI is InChI=1S/C30H34S2.C16H28O5P2.C11H14OS.C10H13BrS.C6H5BrS.C4H9Br.C4H8O.C4H9O.C4H9.CH3O.CH4.K.Li.Na.H2O/c1-3-5-23-31-29-19-15-27(16-20-29)13-11-25-7-9-26(10-8-25)12-14-28-17-21-30(22-18-28)32-24-6-4-2;1-5-18-16(22,19-6-2)15-11-9-14(10-12-15)13-23(17,20-7-3)21-8-4;1-2-3-8-13-11-6-4-10(9-12)5-7-11;1-2-3-8-12-10-6-4-9(11)5-7-10;7-5-1-3-6(8)4-2-5;1-2-3-4-5;1-2-4-5-3-1;1-4(2,3)5;1-3-4-2;1-2;;;;;/h7-22H,3-6,23-24H2,1-2H3;9-12H,5-8,13,22H2,1-4H3;4-7,9H,2-3,8H2,1H3;4-7H,2-3,8H2,1H3;1-4,8H;2-4H2,1H3;1-4H2;1-3H3;1,3-4H2,2H3;1H3;1H4;;;;1H2/q;;;;;;;3*-1;;3*+1;/b13-11+,14-12+;;;;;;;;;;;;;;. The van der Waals surface area contributed by atoms with Crippen LogP contribution < -0.4 is 110 Å². The van der Waals surface area contributed by atoms with E-state index in [1.807, 2.05) is 148 Å². The Labute approximate surface area is 821 Å². The number of benzene rings is 7. The molecule has 0 aliphatic carbocycles. The van der Waals surface area contributed by atoms with E-state index in [0.717, 1.165) is 74.6 Å². The van der Waals surface area contributed by atoms with Crippen LogP contribution in [0.1, 0.15) is 231 Å². The van der Waals surface area contributed by atoms with E-state index < -0.39 is 18.7 Å². The third-order valence-corrected chi connectivity index (χ3v) is 23.2. The number of carbonyl (C=O) groups excluding carboxylic acids is 1. The number of ether oxygens (including phenoxy) is 3. The Morgan fingerprint density at radius 1 is 0.509 bits per heavy atom. The van der Waals surface area contributed by atoms with Crippen LogP contribution >= 0.6 is 124 Å². The Balaban J connectivity index is -0.000000245. The van der Waals surface area contributed by atoms with Crippen molar-refractivity contribution in [3.8, 4) is 0 Å². The molecule has 1 aliphatic heterocycles. The molecule has 0 saturated carbocycles. The van der Waals surface area contributed by atoms with E-state index in [1.165, 1.54) is 143 Å². The van der Waals surface area contributed by atoms with Crippen molar-refractivity contribution in [1.82, 2.24) is 0 Å². The number of hydrogen-bond acceptors (Lipinski definition) is 14. The maximum Gasteiger partial charge on any atom is 1.00 e. The molecule has 1 unspecified atom stereocenters. The first-order valence-corrected chi connectivity index (χ1v) is 47.9. The molecule has 1 aliphatic rings. The SMILES string of the molecule is C.C1CCOC1.CC(C)(C)[O-].CCCCBr.CCCCSc1ccc(/C=C/c2ccc(/C=C/c3ccc(SCCCC)cc3)cc2)cc1.CCCCSc1ccc(Br)cc1.CCCCSc1ccc(C=O)cc1.CCOC(P)(OCC)c1ccc(CP(=O)(OCC)OCC)cc1.C[O-].O.Sc1ccc(Br)cc1.[CH2-]CCC.[K+].[Li+].[Na+]. The molecule has 0 aromatic heterocycles. The van der Waals surface area contributed by atoms with Gasteiger partial charge in [-0.05, 0) is 208 Å². The number of hydrogen-bond donors (Lipinski definition) is 1. The number of thioether (sulfide) groups is 4. The van der Waals surface area contributed by atoms with Crippen LogP contribution in [0, 0.1) is 6.92 Å². The van der Waals surface area contributed by atoms with Crippen molar-refractivity contribution in [2.24, 2.45) is 0 Å². The van der Waals surface area contributed by atoms with Gasteiger partial charge in [-0.15, -0.1) is 65.3 Å². The molecule has 7 aromatic rings. The first-order chi connectivity index (χ1) is 52.5. The molecule has 23 heteroatoms. The van der Waals surface area contributed by atoms with Crippen LogP contribution in [0.15, 0.2) is 203 Å². The average Bonchev–Trinajstić information content (AvgIpc) is 0.861. The van der Waals surface area contributed by atoms with Crippen LogP contribution in [0.3, 0.4) is 0 Å². The molecular weight excluding hydrogens is 1780 g/mol. The predicted molar refractivity (Wildman–Crippen MR) is 508 cm³/mol. The van der Waals surface area contributed by atoms with Gasteiger partial charge in [0.1, 0.15) is 6.29 Å². The van der Waals surface area contributed by atoms with Gasteiger partial charge in [-0.2, -0.15) is 13.5 Å². The van der Waals surface area contributed by atoms with Gasteiger partial charge in [0.25, 0.3) is 0 Å². The van der Waals surface area contributed by atoms with Crippen molar-refractivity contribution < 1.29 is 148 Å². The summed E-state index contributed by atoms with van der Waals surface area (Å²) in [5, 5.41) is 19.5. The van der Waals surface area contributed by atoms with Crippen LogP contribution in [-0.2, 0) is 39.5 Å². The molecule has 1 saturated heterocycles. The Hall–Kier alpha value is 0.454. The van der Waals surface area contributed by atoms with Crippen LogP contribution in [0.2, 0.25) is 0 Å². The Bertz CT molecular complexity index is 3200. The van der Waals surface area contributed by atoms with Crippen molar-refractivity contribution in [2.75, 3.05) is 75.1 Å². The monoisotopic (exact) mass is 1920 g/mol. The minimum atomic E-state index is -3.09. The zero-order valence-corrected chi connectivity index (χ0v) is 87.6. The third-order valence-electron chi connectivity index (χ3n) is 14.1. The number of unbranched alkanes of at least 4 members (excludes halogenated alkanes) is 6.